The molecule has 0 spiro atoms. The topological polar surface area (TPSA) is 68.3 Å². The van der Waals surface area contributed by atoms with E-state index in [1.807, 2.05) is 61.7 Å². The number of hydrogen-bond acceptors (Lipinski definition) is 6. The number of fused-ring (bicyclic) bond motifs is 2. The summed E-state index contributed by atoms with van der Waals surface area (Å²) in [6.07, 6.45) is 4.83. The molecule has 1 aromatic carbocycles. The average Bonchev–Trinajstić information content (AvgIpc) is 3.41. The molecule has 0 saturated carbocycles. The van der Waals surface area contributed by atoms with Crippen LogP contribution >= 0.6 is 22.7 Å². The summed E-state index contributed by atoms with van der Waals surface area (Å²) < 4.78 is 5.58. The molecule has 4 aromatic rings. The maximum atomic E-state index is 13.6. The summed E-state index contributed by atoms with van der Waals surface area (Å²) in [4.78, 5) is 33.7. The van der Waals surface area contributed by atoms with E-state index in [9.17, 15) is 9.59 Å². The third-order valence-corrected chi connectivity index (χ3v) is 8.03. The van der Waals surface area contributed by atoms with Gasteiger partial charge in [-0.25, -0.2) is 9.78 Å². The summed E-state index contributed by atoms with van der Waals surface area (Å²) in [5.41, 5.74) is 3.64. The highest BCUT2D eigenvalue weighted by Crippen LogP contribution is 2.39. The lowest BCUT2D eigenvalue weighted by molar-refractivity contribution is 0.0378. The van der Waals surface area contributed by atoms with Gasteiger partial charge in [0, 0.05) is 10.3 Å². The summed E-state index contributed by atoms with van der Waals surface area (Å²) in [7, 11) is 0. The van der Waals surface area contributed by atoms with Crippen LogP contribution in [0.1, 0.15) is 64.3 Å². The predicted molar refractivity (Wildman–Crippen MR) is 139 cm³/mol. The van der Waals surface area contributed by atoms with Gasteiger partial charge >= 0.3 is 5.97 Å². The molecule has 5 nitrogen and oxygen atoms in total. The Morgan fingerprint density at radius 1 is 1.06 bits per heavy atom. The maximum Gasteiger partial charge on any atom is 0.341 e. The Hall–Kier alpha value is -3.03. The molecule has 0 unspecified atom stereocenters. The minimum absolute atomic E-state index is 0.227. The highest BCUT2D eigenvalue weighted by Gasteiger charge is 2.28. The van der Waals surface area contributed by atoms with Crippen LogP contribution in [0.3, 0.4) is 0 Å². The van der Waals surface area contributed by atoms with E-state index in [0.29, 0.717) is 16.1 Å². The number of ether oxygens (including phenoxy) is 1. The van der Waals surface area contributed by atoms with Crippen molar-refractivity contribution in [2.45, 2.75) is 52.1 Å². The van der Waals surface area contributed by atoms with Gasteiger partial charge in [0.05, 0.1) is 33.3 Å². The number of pyridine rings is 1. The molecule has 1 N–H and O–H groups in total. The Bertz CT molecular complexity index is 1360. The number of carbonyl (C=O) groups excluding carboxylic acids is 2. The molecule has 3 aromatic heterocycles. The fourth-order valence-corrected chi connectivity index (χ4v) is 6.36. The molecule has 0 bridgehead atoms. The lowest BCUT2D eigenvalue weighted by Gasteiger charge is -2.13. The Kier molecular flexibility index (Phi) is 6.48. The van der Waals surface area contributed by atoms with Gasteiger partial charge in [-0.05, 0) is 68.7 Å². The summed E-state index contributed by atoms with van der Waals surface area (Å²) in [6.45, 7) is 3.69. The zero-order valence-corrected chi connectivity index (χ0v) is 20.9. The number of hydrogen-bond donors (Lipinski definition) is 1. The normalized spacial score (nSPS) is 13.5. The van der Waals surface area contributed by atoms with E-state index in [1.54, 1.807) is 11.3 Å². The first-order chi connectivity index (χ1) is 16.5. The molecule has 7 heteroatoms. The third kappa shape index (κ3) is 4.50. The summed E-state index contributed by atoms with van der Waals surface area (Å²) in [5.74, 6) is -0.602. The number of thiophene rings is 2. The van der Waals surface area contributed by atoms with Crippen molar-refractivity contribution in [1.29, 1.82) is 0 Å². The van der Waals surface area contributed by atoms with Crippen molar-refractivity contribution in [3.8, 4) is 10.6 Å². The van der Waals surface area contributed by atoms with Crippen molar-refractivity contribution in [3.05, 3.63) is 69.4 Å². The van der Waals surface area contributed by atoms with Crippen molar-refractivity contribution >= 4 is 50.5 Å². The summed E-state index contributed by atoms with van der Waals surface area (Å²) >= 11 is 3.10. The first-order valence-corrected chi connectivity index (χ1v) is 13.3. The molecule has 0 fully saturated rings. The highest BCUT2D eigenvalue weighted by atomic mass is 32.1. The van der Waals surface area contributed by atoms with E-state index >= 15 is 0 Å². The van der Waals surface area contributed by atoms with E-state index in [1.165, 1.54) is 16.2 Å². The Balaban J connectivity index is 1.57. The monoisotopic (exact) mass is 490 g/mol. The standard InChI is InChI=1S/C27H26N2O3S2/c1-16(2)32-27(31)24-18-10-4-3-5-12-22(18)34-26(24)29-25(30)19-15-21(23-13-8-14-33-23)28-20-11-7-6-9-17(19)20/h6-9,11,13-16H,3-5,10,12H2,1-2H3,(H,29,30). The molecule has 3 heterocycles. The SMILES string of the molecule is CC(C)OC(=O)c1c(NC(=O)c2cc(-c3cccs3)nc3ccccc23)sc2c1CCCCC2. The largest absolute Gasteiger partial charge is 0.459 e. The van der Waals surface area contributed by atoms with Crippen molar-refractivity contribution < 1.29 is 14.3 Å². The first-order valence-electron chi connectivity index (χ1n) is 11.6. The van der Waals surface area contributed by atoms with Gasteiger partial charge in [-0.1, -0.05) is 30.7 Å². The molecule has 1 aliphatic rings. The minimum atomic E-state index is -0.358. The molecule has 34 heavy (non-hydrogen) atoms. The van der Waals surface area contributed by atoms with Crippen LogP contribution in [0.15, 0.2) is 47.8 Å². The number of nitrogens with one attached hydrogen (secondary N) is 1. The third-order valence-electron chi connectivity index (χ3n) is 5.93. The van der Waals surface area contributed by atoms with Crippen LogP contribution in [-0.4, -0.2) is 23.0 Å². The van der Waals surface area contributed by atoms with Crippen LogP contribution in [-0.2, 0) is 17.6 Å². The number of carbonyl (C=O) groups is 2. The lowest BCUT2D eigenvalue weighted by atomic mass is 10.0. The van der Waals surface area contributed by atoms with Crippen molar-refractivity contribution in [2.75, 3.05) is 5.32 Å². The van der Waals surface area contributed by atoms with Crippen LogP contribution in [0, 0.1) is 0 Å². The maximum absolute atomic E-state index is 13.6. The summed E-state index contributed by atoms with van der Waals surface area (Å²) in [5, 5.41) is 6.44. The molecule has 174 valence electrons. The molecule has 0 saturated heterocycles. The smallest absolute Gasteiger partial charge is 0.341 e. The van der Waals surface area contributed by atoms with Gasteiger partial charge in [0.25, 0.3) is 5.91 Å². The van der Waals surface area contributed by atoms with Gasteiger partial charge in [-0.3, -0.25) is 4.79 Å². The molecule has 5 rings (SSSR count). The second-order valence-electron chi connectivity index (χ2n) is 8.73. The van der Waals surface area contributed by atoms with Gasteiger partial charge in [-0.15, -0.1) is 22.7 Å². The van der Waals surface area contributed by atoms with E-state index in [0.717, 1.165) is 59.1 Å². The zero-order valence-electron chi connectivity index (χ0n) is 19.2. The zero-order chi connectivity index (χ0) is 23.7. The Morgan fingerprint density at radius 2 is 1.88 bits per heavy atom. The van der Waals surface area contributed by atoms with Crippen LogP contribution < -0.4 is 5.32 Å². The van der Waals surface area contributed by atoms with Gasteiger partial charge in [-0.2, -0.15) is 0 Å². The number of nitrogens with zero attached hydrogens (tertiary/aromatic N) is 1. The van der Waals surface area contributed by atoms with Gasteiger partial charge in [0.15, 0.2) is 0 Å². The molecule has 0 radical (unpaired) electrons. The average molecular weight is 491 g/mol. The van der Waals surface area contributed by atoms with E-state index in [4.69, 9.17) is 9.72 Å². The number of anilines is 1. The van der Waals surface area contributed by atoms with Crippen molar-refractivity contribution in [2.24, 2.45) is 0 Å². The van der Waals surface area contributed by atoms with Gasteiger partial charge < -0.3 is 10.1 Å². The Morgan fingerprint density at radius 3 is 2.68 bits per heavy atom. The van der Waals surface area contributed by atoms with Gasteiger partial charge in [0.2, 0.25) is 0 Å². The number of aryl methyl sites for hydroxylation is 1. The number of aromatic nitrogens is 1. The lowest BCUT2D eigenvalue weighted by Crippen LogP contribution is -2.18. The van der Waals surface area contributed by atoms with Gasteiger partial charge in [0.1, 0.15) is 5.00 Å². The molecule has 1 amide bonds. The second kappa shape index (κ2) is 9.68. The highest BCUT2D eigenvalue weighted by molar-refractivity contribution is 7.17. The van der Waals surface area contributed by atoms with Crippen LogP contribution in [0.4, 0.5) is 5.00 Å². The van der Waals surface area contributed by atoms with Crippen LogP contribution in [0.25, 0.3) is 21.5 Å². The number of amides is 1. The fraction of sp³-hybridized carbons (Fsp3) is 0.296. The van der Waals surface area contributed by atoms with Crippen LogP contribution in [0.2, 0.25) is 0 Å². The number of benzene rings is 1. The minimum Gasteiger partial charge on any atom is -0.459 e. The molecule has 0 aliphatic heterocycles. The number of rotatable bonds is 5. The van der Waals surface area contributed by atoms with E-state index < -0.39 is 0 Å². The summed E-state index contributed by atoms with van der Waals surface area (Å²) in [6, 6.07) is 13.5. The Labute approximate surface area is 206 Å². The molecular formula is C27H26N2O3S2. The second-order valence-corrected chi connectivity index (χ2v) is 10.8. The molecule has 0 atom stereocenters. The molecular weight excluding hydrogens is 464 g/mol. The quantitative estimate of drug-likeness (QED) is 0.239. The predicted octanol–water partition coefficient (Wildman–Crippen LogP) is 7.11. The number of esters is 1. The van der Waals surface area contributed by atoms with Crippen molar-refractivity contribution in [3.63, 3.8) is 0 Å². The first kappa shape index (κ1) is 22.7. The van der Waals surface area contributed by atoms with E-state index in [2.05, 4.69) is 5.32 Å². The van der Waals surface area contributed by atoms with Crippen LogP contribution in [0.5, 0.6) is 0 Å². The van der Waals surface area contributed by atoms with Crippen molar-refractivity contribution in [1.82, 2.24) is 4.98 Å². The fourth-order valence-electron chi connectivity index (χ4n) is 4.40. The van der Waals surface area contributed by atoms with E-state index in [-0.39, 0.29) is 18.0 Å². The number of para-hydroxylation sites is 1. The molecule has 1 aliphatic carbocycles.